The summed E-state index contributed by atoms with van der Waals surface area (Å²) in [5, 5.41) is 11.9. The van der Waals surface area contributed by atoms with Gasteiger partial charge in [-0.1, -0.05) is 48.0 Å². The van der Waals surface area contributed by atoms with E-state index in [1.165, 1.54) is 25.3 Å². The average Bonchev–Trinajstić information content (AvgIpc) is 2.58. The van der Waals surface area contributed by atoms with Crippen LogP contribution in [0.4, 0.5) is 4.79 Å². The number of aliphatic carboxylic acids is 1. The number of hydrogen-bond acceptors (Lipinski definition) is 4. The van der Waals surface area contributed by atoms with Crippen LogP contribution in [0.15, 0.2) is 48.5 Å². The molecule has 0 bridgehead atoms. The lowest BCUT2D eigenvalue weighted by atomic mass is 10.1. The van der Waals surface area contributed by atoms with E-state index >= 15 is 0 Å². The van der Waals surface area contributed by atoms with Gasteiger partial charge < -0.3 is 19.9 Å². The zero-order chi connectivity index (χ0) is 17.5. The molecule has 0 radical (unpaired) electrons. The Balaban J connectivity index is 2.04. The van der Waals surface area contributed by atoms with Crippen molar-refractivity contribution in [3.05, 3.63) is 64.7 Å². The number of ether oxygens (including phenoxy) is 2. The van der Waals surface area contributed by atoms with Gasteiger partial charge in [-0.3, -0.25) is 0 Å². The molecular formula is C17H16ClNO5. The van der Waals surface area contributed by atoms with Crippen molar-refractivity contribution in [1.82, 2.24) is 5.32 Å². The highest BCUT2D eigenvalue weighted by Crippen LogP contribution is 2.27. The molecule has 0 aliphatic heterocycles. The first-order chi connectivity index (χ1) is 11.5. The number of halogens is 1. The van der Waals surface area contributed by atoms with Crippen LogP contribution in [0.5, 0.6) is 5.75 Å². The number of carboxylic acid groups (broad SMARTS) is 1. The number of nitrogens with one attached hydrogen (secondary N) is 1. The van der Waals surface area contributed by atoms with Crippen LogP contribution in [0.25, 0.3) is 0 Å². The monoisotopic (exact) mass is 349 g/mol. The molecule has 2 N–H and O–H groups in total. The Kier molecular flexibility index (Phi) is 6.03. The Bertz CT molecular complexity index is 720. The molecule has 24 heavy (non-hydrogen) atoms. The fourth-order valence-corrected chi connectivity index (χ4v) is 2.30. The van der Waals surface area contributed by atoms with Gasteiger partial charge in [-0.15, -0.1) is 0 Å². The standard InChI is InChI=1S/C17H16ClNO5/c1-23-14-8-7-12(9-13(14)18)15(16(20)21)19-17(22)24-10-11-5-3-2-4-6-11/h2-9,15H,10H2,1H3,(H,19,22)(H,20,21). The molecule has 126 valence electrons. The molecule has 0 fully saturated rings. The molecule has 1 atom stereocenters. The van der Waals surface area contributed by atoms with Crippen LogP contribution >= 0.6 is 11.6 Å². The molecule has 0 aliphatic rings. The molecule has 6 nitrogen and oxygen atoms in total. The summed E-state index contributed by atoms with van der Waals surface area (Å²) in [5.41, 5.74) is 1.11. The molecule has 0 aromatic heterocycles. The molecule has 7 heteroatoms. The van der Waals surface area contributed by atoms with Crippen molar-refractivity contribution >= 4 is 23.7 Å². The molecule has 1 unspecified atom stereocenters. The number of carboxylic acids is 1. The summed E-state index contributed by atoms with van der Waals surface area (Å²) in [4.78, 5) is 23.3. The number of alkyl carbamates (subject to hydrolysis) is 1. The van der Waals surface area contributed by atoms with E-state index in [1.807, 2.05) is 18.2 Å². The zero-order valence-corrected chi connectivity index (χ0v) is 13.6. The highest BCUT2D eigenvalue weighted by molar-refractivity contribution is 6.32. The number of hydrogen-bond donors (Lipinski definition) is 2. The van der Waals surface area contributed by atoms with Crippen molar-refractivity contribution in [2.75, 3.05) is 7.11 Å². The third kappa shape index (κ3) is 4.63. The van der Waals surface area contributed by atoms with Gasteiger partial charge in [-0.05, 0) is 23.3 Å². The van der Waals surface area contributed by atoms with E-state index in [1.54, 1.807) is 12.1 Å². The third-order valence-electron chi connectivity index (χ3n) is 3.23. The summed E-state index contributed by atoms with van der Waals surface area (Å²) in [6, 6.07) is 12.3. The molecule has 1 amide bonds. The summed E-state index contributed by atoms with van der Waals surface area (Å²) in [7, 11) is 1.45. The molecule has 2 rings (SSSR count). The molecule has 0 spiro atoms. The van der Waals surface area contributed by atoms with Gasteiger partial charge in [-0.25, -0.2) is 9.59 Å². The normalized spacial score (nSPS) is 11.4. The number of methoxy groups -OCH3 is 1. The first kappa shape index (κ1) is 17.6. The Labute approximate surface area is 144 Å². The molecule has 0 heterocycles. The van der Waals surface area contributed by atoms with Crippen molar-refractivity contribution in [1.29, 1.82) is 0 Å². The van der Waals surface area contributed by atoms with E-state index in [4.69, 9.17) is 21.1 Å². The highest BCUT2D eigenvalue weighted by atomic mass is 35.5. The topological polar surface area (TPSA) is 84.9 Å². The number of rotatable bonds is 6. The van der Waals surface area contributed by atoms with E-state index in [-0.39, 0.29) is 11.6 Å². The molecule has 2 aromatic carbocycles. The molecule has 0 saturated heterocycles. The number of carbonyl (C=O) groups is 2. The maximum atomic E-state index is 11.9. The summed E-state index contributed by atoms with van der Waals surface area (Å²) in [5.74, 6) is -0.816. The second-order valence-electron chi connectivity index (χ2n) is 4.87. The van der Waals surface area contributed by atoms with Gasteiger partial charge in [0.05, 0.1) is 12.1 Å². The summed E-state index contributed by atoms with van der Waals surface area (Å²) < 4.78 is 10.1. The van der Waals surface area contributed by atoms with Gasteiger partial charge in [0.25, 0.3) is 0 Å². The zero-order valence-electron chi connectivity index (χ0n) is 12.9. The Morgan fingerprint density at radius 1 is 1.21 bits per heavy atom. The average molecular weight is 350 g/mol. The fourth-order valence-electron chi connectivity index (χ4n) is 2.03. The van der Waals surface area contributed by atoms with Crippen LogP contribution in [0.3, 0.4) is 0 Å². The van der Waals surface area contributed by atoms with E-state index in [0.29, 0.717) is 11.3 Å². The van der Waals surface area contributed by atoms with Crippen LogP contribution in [-0.2, 0) is 16.1 Å². The largest absolute Gasteiger partial charge is 0.495 e. The Morgan fingerprint density at radius 2 is 1.92 bits per heavy atom. The van der Waals surface area contributed by atoms with Crippen molar-refractivity contribution in [3.63, 3.8) is 0 Å². The predicted octanol–water partition coefficient (Wildman–Crippen LogP) is 3.40. The maximum absolute atomic E-state index is 11.9. The molecule has 2 aromatic rings. The van der Waals surface area contributed by atoms with Crippen molar-refractivity contribution in [3.8, 4) is 5.75 Å². The Hall–Kier alpha value is -2.73. The summed E-state index contributed by atoms with van der Waals surface area (Å²) in [6.07, 6.45) is -0.835. The van der Waals surface area contributed by atoms with E-state index in [0.717, 1.165) is 5.56 Å². The molecule has 0 saturated carbocycles. The minimum atomic E-state index is -1.28. The van der Waals surface area contributed by atoms with Gasteiger partial charge in [0, 0.05) is 0 Å². The number of carbonyl (C=O) groups excluding carboxylic acids is 1. The second kappa shape index (κ2) is 8.21. The van der Waals surface area contributed by atoms with Gasteiger partial charge in [0.2, 0.25) is 0 Å². The first-order valence-corrected chi connectivity index (χ1v) is 7.42. The summed E-state index contributed by atoms with van der Waals surface area (Å²) in [6.45, 7) is 0.0440. The lowest BCUT2D eigenvalue weighted by Gasteiger charge is -2.16. The van der Waals surface area contributed by atoms with E-state index < -0.39 is 18.1 Å². The lowest BCUT2D eigenvalue weighted by Crippen LogP contribution is -2.34. The fraction of sp³-hybridized carbons (Fsp3) is 0.176. The SMILES string of the molecule is COc1ccc(C(NC(=O)OCc2ccccc2)C(=O)O)cc1Cl. The second-order valence-corrected chi connectivity index (χ2v) is 5.28. The minimum absolute atomic E-state index is 0.0440. The van der Waals surface area contributed by atoms with Crippen molar-refractivity contribution in [2.24, 2.45) is 0 Å². The maximum Gasteiger partial charge on any atom is 0.408 e. The number of benzene rings is 2. The van der Waals surface area contributed by atoms with Crippen molar-refractivity contribution < 1.29 is 24.2 Å². The quantitative estimate of drug-likeness (QED) is 0.834. The summed E-state index contributed by atoms with van der Waals surface area (Å²) >= 11 is 5.99. The van der Waals surface area contributed by atoms with Gasteiger partial charge >= 0.3 is 12.1 Å². The van der Waals surface area contributed by atoms with Crippen LogP contribution in [0.2, 0.25) is 5.02 Å². The number of amides is 1. The van der Waals surface area contributed by atoms with Gasteiger partial charge in [0.1, 0.15) is 12.4 Å². The van der Waals surface area contributed by atoms with Crippen LogP contribution in [0.1, 0.15) is 17.2 Å². The van der Waals surface area contributed by atoms with Gasteiger partial charge in [0.15, 0.2) is 6.04 Å². The van der Waals surface area contributed by atoms with E-state index in [9.17, 15) is 14.7 Å². The Morgan fingerprint density at radius 3 is 2.50 bits per heavy atom. The van der Waals surface area contributed by atoms with E-state index in [2.05, 4.69) is 5.32 Å². The predicted molar refractivity (Wildman–Crippen MR) is 88.1 cm³/mol. The smallest absolute Gasteiger partial charge is 0.408 e. The third-order valence-corrected chi connectivity index (χ3v) is 3.53. The van der Waals surface area contributed by atoms with Crippen molar-refractivity contribution in [2.45, 2.75) is 12.6 Å². The van der Waals surface area contributed by atoms with Crippen LogP contribution in [-0.4, -0.2) is 24.3 Å². The first-order valence-electron chi connectivity index (χ1n) is 7.04. The highest BCUT2D eigenvalue weighted by Gasteiger charge is 2.23. The van der Waals surface area contributed by atoms with Crippen LogP contribution < -0.4 is 10.1 Å². The molecular weight excluding hydrogens is 334 g/mol. The lowest BCUT2D eigenvalue weighted by molar-refractivity contribution is -0.139. The van der Waals surface area contributed by atoms with Gasteiger partial charge in [-0.2, -0.15) is 0 Å². The minimum Gasteiger partial charge on any atom is -0.495 e. The van der Waals surface area contributed by atoms with Crippen LogP contribution in [0, 0.1) is 0 Å². The molecule has 0 aliphatic carbocycles.